The molecule has 2 atom stereocenters. The zero-order valence-electron chi connectivity index (χ0n) is 20.5. The lowest BCUT2D eigenvalue weighted by Crippen LogP contribution is -2.51. The second-order valence-corrected chi connectivity index (χ2v) is 9.81. The number of hydrogen-bond donors (Lipinski definition) is 1. The maximum absolute atomic E-state index is 13.1. The fraction of sp³-hybridized carbons (Fsp3) is 0.423. The van der Waals surface area contributed by atoms with Gasteiger partial charge < -0.3 is 19.9 Å². The van der Waals surface area contributed by atoms with Gasteiger partial charge in [-0.05, 0) is 72.9 Å². The number of likely N-dealkylation sites (tertiary alicyclic amines) is 1. The molecule has 194 valence electrons. The third kappa shape index (κ3) is 6.19. The van der Waals surface area contributed by atoms with Gasteiger partial charge in [0.1, 0.15) is 30.8 Å². The average molecular weight is 524 g/mol. The Morgan fingerprint density at radius 2 is 1.92 bits per heavy atom. The number of hydrogen-bond acceptors (Lipinski definition) is 7. The number of ether oxygens (including phenoxy) is 1. The van der Waals surface area contributed by atoms with Gasteiger partial charge in [-0.2, -0.15) is 0 Å². The first-order valence-corrected chi connectivity index (χ1v) is 13.0. The molecule has 2 aromatic carbocycles. The molecule has 0 spiro atoms. The SMILES string of the molecule is O=C(Nc1ccc(O[C@H]2CCCN(c3ccccc3)C2)c(Cl)c1)[C@H]1CCCCN1C(=O)Cn1cnnn1. The van der Waals surface area contributed by atoms with Crippen molar-refractivity contribution in [2.75, 3.05) is 29.9 Å². The van der Waals surface area contributed by atoms with Gasteiger partial charge in [-0.1, -0.05) is 29.8 Å². The standard InChI is InChI=1S/C26H30ClN7O3/c27-22-15-19(11-12-24(22)37-21-9-6-13-32(16-21)20-7-2-1-3-8-20)29-26(36)23-10-4-5-14-34(23)25(35)17-33-18-28-30-31-33/h1-3,7-8,11-12,15,18,21,23H,4-6,9-10,13-14,16-17H2,(H,29,36)/t21-,23+/m0/s1. The Bertz CT molecular complexity index is 1210. The van der Waals surface area contributed by atoms with E-state index >= 15 is 0 Å². The summed E-state index contributed by atoms with van der Waals surface area (Å²) in [5, 5.41) is 14.2. The van der Waals surface area contributed by atoms with E-state index in [1.54, 1.807) is 23.1 Å². The number of halogens is 1. The van der Waals surface area contributed by atoms with E-state index in [1.165, 1.54) is 16.7 Å². The number of carbonyl (C=O) groups is 2. The van der Waals surface area contributed by atoms with Gasteiger partial charge in [-0.25, -0.2) is 4.68 Å². The number of rotatable bonds is 7. The highest BCUT2D eigenvalue weighted by Crippen LogP contribution is 2.31. The summed E-state index contributed by atoms with van der Waals surface area (Å²) in [5.74, 6) is 0.168. The van der Waals surface area contributed by atoms with E-state index in [9.17, 15) is 9.59 Å². The Morgan fingerprint density at radius 3 is 2.70 bits per heavy atom. The summed E-state index contributed by atoms with van der Waals surface area (Å²) in [4.78, 5) is 29.9. The van der Waals surface area contributed by atoms with E-state index in [0.717, 1.165) is 38.8 Å². The molecule has 0 radical (unpaired) electrons. The van der Waals surface area contributed by atoms with Gasteiger partial charge in [0.25, 0.3) is 0 Å². The first-order valence-electron chi connectivity index (χ1n) is 12.6. The van der Waals surface area contributed by atoms with Crippen LogP contribution in [0.15, 0.2) is 54.9 Å². The lowest BCUT2D eigenvalue weighted by Gasteiger charge is -2.35. The van der Waals surface area contributed by atoms with Gasteiger partial charge in [0.2, 0.25) is 11.8 Å². The number of aromatic nitrogens is 4. The molecule has 0 saturated carbocycles. The van der Waals surface area contributed by atoms with E-state index in [2.05, 4.69) is 37.9 Å². The summed E-state index contributed by atoms with van der Waals surface area (Å²) in [6.45, 7) is 2.31. The third-order valence-corrected chi connectivity index (χ3v) is 7.10. The summed E-state index contributed by atoms with van der Waals surface area (Å²) in [5.41, 5.74) is 1.75. The van der Waals surface area contributed by atoms with Crippen LogP contribution in [0.3, 0.4) is 0 Å². The molecule has 1 aromatic heterocycles. The van der Waals surface area contributed by atoms with Crippen molar-refractivity contribution >= 4 is 34.8 Å². The molecule has 3 heterocycles. The normalized spacial score (nSPS) is 19.9. The van der Waals surface area contributed by atoms with E-state index in [-0.39, 0.29) is 24.5 Å². The minimum Gasteiger partial charge on any atom is -0.487 e. The maximum atomic E-state index is 13.1. The minimum atomic E-state index is -0.557. The molecule has 2 amide bonds. The van der Waals surface area contributed by atoms with E-state index in [4.69, 9.17) is 16.3 Å². The predicted octanol–water partition coefficient (Wildman–Crippen LogP) is 3.39. The van der Waals surface area contributed by atoms with Gasteiger partial charge in [0, 0.05) is 24.5 Å². The van der Waals surface area contributed by atoms with Gasteiger partial charge in [0.05, 0.1) is 11.6 Å². The number of benzene rings is 2. The number of piperidine rings is 2. The van der Waals surface area contributed by atoms with Crippen molar-refractivity contribution in [3.63, 3.8) is 0 Å². The van der Waals surface area contributed by atoms with Crippen molar-refractivity contribution in [2.45, 2.75) is 50.8 Å². The fourth-order valence-electron chi connectivity index (χ4n) is 4.97. The van der Waals surface area contributed by atoms with E-state index < -0.39 is 6.04 Å². The maximum Gasteiger partial charge on any atom is 0.247 e. The van der Waals surface area contributed by atoms with Crippen LogP contribution in [0.5, 0.6) is 5.75 Å². The van der Waals surface area contributed by atoms with Crippen LogP contribution < -0.4 is 15.0 Å². The zero-order valence-corrected chi connectivity index (χ0v) is 21.3. The predicted molar refractivity (Wildman–Crippen MR) is 140 cm³/mol. The molecule has 37 heavy (non-hydrogen) atoms. The van der Waals surface area contributed by atoms with Crippen LogP contribution in [0.4, 0.5) is 11.4 Å². The highest BCUT2D eigenvalue weighted by molar-refractivity contribution is 6.32. The minimum absolute atomic E-state index is 0.00247. The van der Waals surface area contributed by atoms with Crippen LogP contribution in [0.1, 0.15) is 32.1 Å². The second kappa shape index (κ2) is 11.6. The van der Waals surface area contributed by atoms with Crippen LogP contribution in [0.25, 0.3) is 0 Å². The molecule has 0 bridgehead atoms. The molecular weight excluding hydrogens is 494 g/mol. The zero-order chi connectivity index (χ0) is 25.6. The van der Waals surface area contributed by atoms with Crippen molar-refractivity contribution in [3.05, 3.63) is 59.9 Å². The summed E-state index contributed by atoms with van der Waals surface area (Å²) in [6.07, 6.45) is 5.72. The molecule has 2 saturated heterocycles. The summed E-state index contributed by atoms with van der Waals surface area (Å²) in [6, 6.07) is 15.0. The number of amides is 2. The number of tetrazole rings is 1. The van der Waals surface area contributed by atoms with Crippen LogP contribution in [-0.2, 0) is 16.1 Å². The average Bonchev–Trinajstić information content (AvgIpc) is 3.44. The topological polar surface area (TPSA) is 105 Å². The van der Waals surface area contributed by atoms with E-state index in [1.807, 2.05) is 18.2 Å². The lowest BCUT2D eigenvalue weighted by molar-refractivity contribution is -0.141. The Kier molecular flexibility index (Phi) is 7.84. The van der Waals surface area contributed by atoms with Crippen LogP contribution >= 0.6 is 11.6 Å². The first kappa shape index (κ1) is 25.0. The molecule has 0 aliphatic carbocycles. The van der Waals surface area contributed by atoms with Crippen molar-refractivity contribution in [1.29, 1.82) is 0 Å². The quantitative estimate of drug-likeness (QED) is 0.506. The molecule has 2 fully saturated rings. The number of para-hydroxylation sites is 1. The Hall–Kier alpha value is -3.66. The molecular formula is C26H30ClN7O3. The summed E-state index contributed by atoms with van der Waals surface area (Å²) in [7, 11) is 0. The van der Waals surface area contributed by atoms with Crippen molar-refractivity contribution < 1.29 is 14.3 Å². The number of anilines is 2. The lowest BCUT2D eigenvalue weighted by atomic mass is 10.0. The largest absolute Gasteiger partial charge is 0.487 e. The van der Waals surface area contributed by atoms with Crippen LogP contribution in [0.2, 0.25) is 5.02 Å². The highest BCUT2D eigenvalue weighted by Gasteiger charge is 2.32. The molecule has 2 aliphatic heterocycles. The molecule has 2 aliphatic rings. The van der Waals surface area contributed by atoms with E-state index in [0.29, 0.717) is 29.4 Å². The monoisotopic (exact) mass is 523 g/mol. The Balaban J connectivity index is 1.20. The van der Waals surface area contributed by atoms with Crippen LogP contribution in [0, 0.1) is 0 Å². The molecule has 0 unspecified atom stereocenters. The summed E-state index contributed by atoms with van der Waals surface area (Å²) < 4.78 is 7.61. The molecule has 5 rings (SSSR count). The van der Waals surface area contributed by atoms with Crippen molar-refractivity contribution in [1.82, 2.24) is 25.1 Å². The molecule has 3 aromatic rings. The Labute approximate surface area is 220 Å². The van der Waals surface area contributed by atoms with Gasteiger partial charge in [-0.15, -0.1) is 5.10 Å². The van der Waals surface area contributed by atoms with Gasteiger partial charge >= 0.3 is 0 Å². The van der Waals surface area contributed by atoms with Crippen molar-refractivity contribution in [3.8, 4) is 5.75 Å². The fourth-order valence-corrected chi connectivity index (χ4v) is 5.20. The van der Waals surface area contributed by atoms with Crippen molar-refractivity contribution in [2.24, 2.45) is 0 Å². The smallest absolute Gasteiger partial charge is 0.247 e. The summed E-state index contributed by atoms with van der Waals surface area (Å²) >= 11 is 6.55. The molecule has 11 heteroatoms. The van der Waals surface area contributed by atoms with Gasteiger partial charge in [-0.3, -0.25) is 9.59 Å². The number of nitrogens with one attached hydrogen (secondary N) is 1. The number of carbonyl (C=O) groups excluding carboxylic acids is 2. The van der Waals surface area contributed by atoms with Crippen LogP contribution in [-0.4, -0.2) is 68.7 Å². The van der Waals surface area contributed by atoms with Gasteiger partial charge in [0.15, 0.2) is 0 Å². The number of nitrogens with zero attached hydrogens (tertiary/aromatic N) is 6. The highest BCUT2D eigenvalue weighted by atomic mass is 35.5. The second-order valence-electron chi connectivity index (χ2n) is 9.40. The first-order chi connectivity index (χ1) is 18.1. The molecule has 10 nitrogen and oxygen atoms in total. The Morgan fingerprint density at radius 1 is 1.05 bits per heavy atom. The third-order valence-electron chi connectivity index (χ3n) is 6.81. The molecule has 1 N–H and O–H groups in total.